The van der Waals surface area contributed by atoms with Gasteiger partial charge in [0, 0.05) is 24.8 Å². The number of rotatable bonds is 4. The molecule has 6 rings (SSSR count). The molecule has 154 valence electrons. The van der Waals surface area contributed by atoms with Crippen LogP contribution in [0.3, 0.4) is 0 Å². The van der Waals surface area contributed by atoms with Gasteiger partial charge in [-0.3, -0.25) is 9.30 Å². The molecule has 3 heterocycles. The lowest BCUT2D eigenvalue weighted by Gasteiger charge is -2.23. The SMILES string of the molecule is FC(F)(CN1Cc2ccccc2C1)c1c(-c2ccc3ccccc3c2)nc2occn12. The van der Waals surface area contributed by atoms with Gasteiger partial charge in [0.15, 0.2) is 0 Å². The average molecular weight is 415 g/mol. The first-order valence-electron chi connectivity index (χ1n) is 10.2. The van der Waals surface area contributed by atoms with E-state index in [9.17, 15) is 0 Å². The lowest BCUT2D eigenvalue weighted by Crippen LogP contribution is -2.33. The van der Waals surface area contributed by atoms with Crippen LogP contribution in [0.25, 0.3) is 27.9 Å². The Morgan fingerprint density at radius 2 is 1.61 bits per heavy atom. The number of hydrogen-bond donors (Lipinski definition) is 0. The fourth-order valence-corrected chi connectivity index (χ4v) is 4.54. The van der Waals surface area contributed by atoms with E-state index in [1.54, 1.807) is 4.90 Å². The van der Waals surface area contributed by atoms with Crippen LogP contribution in [-0.2, 0) is 19.0 Å². The van der Waals surface area contributed by atoms with Crippen molar-refractivity contribution in [3.05, 3.63) is 96.0 Å². The highest BCUT2D eigenvalue weighted by atomic mass is 19.3. The fourth-order valence-electron chi connectivity index (χ4n) is 4.54. The number of nitrogens with zero attached hydrogens (tertiary/aromatic N) is 3. The topological polar surface area (TPSA) is 33.7 Å². The minimum atomic E-state index is -3.12. The minimum Gasteiger partial charge on any atom is -0.432 e. The second-order valence-corrected chi connectivity index (χ2v) is 8.04. The minimum absolute atomic E-state index is 0.137. The van der Waals surface area contributed by atoms with Crippen LogP contribution in [0.15, 0.2) is 83.6 Å². The van der Waals surface area contributed by atoms with Crippen molar-refractivity contribution in [3.8, 4) is 11.3 Å². The van der Waals surface area contributed by atoms with Gasteiger partial charge in [0.1, 0.15) is 17.7 Å². The highest BCUT2D eigenvalue weighted by Gasteiger charge is 2.42. The van der Waals surface area contributed by atoms with Crippen molar-refractivity contribution in [1.82, 2.24) is 14.3 Å². The molecule has 0 saturated heterocycles. The number of alkyl halides is 2. The standard InChI is InChI=1S/C25H19F2N3O/c26-25(27,16-29-14-20-7-3-4-8-21(20)15-29)23-22(28-24-30(23)11-12-31-24)19-10-9-17-5-1-2-6-18(17)13-19/h1-13H,14-16H2. The van der Waals surface area contributed by atoms with Gasteiger partial charge in [0.05, 0.1) is 6.54 Å². The molecule has 0 unspecified atom stereocenters. The normalized spacial score (nSPS) is 14.5. The second-order valence-electron chi connectivity index (χ2n) is 8.04. The number of benzene rings is 3. The Morgan fingerprint density at radius 1 is 0.903 bits per heavy atom. The Hall–Kier alpha value is -3.51. The Kier molecular flexibility index (Phi) is 3.98. The lowest BCUT2D eigenvalue weighted by atomic mass is 10.0. The number of aromatic nitrogens is 2. The van der Waals surface area contributed by atoms with Crippen molar-refractivity contribution in [2.45, 2.75) is 19.0 Å². The van der Waals surface area contributed by atoms with E-state index in [0.29, 0.717) is 18.7 Å². The summed E-state index contributed by atoms with van der Waals surface area (Å²) >= 11 is 0. The van der Waals surface area contributed by atoms with E-state index in [1.165, 1.54) is 16.9 Å². The Bertz CT molecular complexity index is 1390. The Labute approximate surface area is 177 Å². The Morgan fingerprint density at radius 3 is 2.39 bits per heavy atom. The maximum Gasteiger partial charge on any atom is 0.306 e. The van der Waals surface area contributed by atoms with E-state index in [1.807, 2.05) is 66.7 Å². The van der Waals surface area contributed by atoms with Gasteiger partial charge in [-0.05, 0) is 28.0 Å². The van der Waals surface area contributed by atoms with Crippen molar-refractivity contribution in [3.63, 3.8) is 0 Å². The molecule has 0 fully saturated rings. The molecule has 4 nitrogen and oxygen atoms in total. The highest BCUT2D eigenvalue weighted by molar-refractivity contribution is 5.87. The van der Waals surface area contributed by atoms with E-state index in [2.05, 4.69) is 4.98 Å². The molecule has 0 radical (unpaired) electrons. The molecule has 0 spiro atoms. The van der Waals surface area contributed by atoms with Gasteiger partial charge in [-0.1, -0.05) is 60.7 Å². The summed E-state index contributed by atoms with van der Waals surface area (Å²) in [6.45, 7) is 0.649. The summed E-state index contributed by atoms with van der Waals surface area (Å²) in [6.07, 6.45) is 2.90. The van der Waals surface area contributed by atoms with E-state index in [4.69, 9.17) is 4.42 Å². The predicted octanol–water partition coefficient (Wildman–Crippen LogP) is 5.86. The van der Waals surface area contributed by atoms with Crippen molar-refractivity contribution < 1.29 is 13.2 Å². The van der Waals surface area contributed by atoms with Gasteiger partial charge in [0.25, 0.3) is 0 Å². The number of fused-ring (bicyclic) bond motifs is 3. The fraction of sp³-hybridized carbons (Fsp3) is 0.160. The van der Waals surface area contributed by atoms with E-state index in [-0.39, 0.29) is 23.8 Å². The molecule has 1 aliphatic rings. The van der Waals surface area contributed by atoms with Gasteiger partial charge in [0.2, 0.25) is 0 Å². The van der Waals surface area contributed by atoms with E-state index < -0.39 is 5.92 Å². The molecular weight excluding hydrogens is 396 g/mol. The van der Waals surface area contributed by atoms with Crippen LogP contribution < -0.4 is 0 Å². The predicted molar refractivity (Wildman–Crippen MR) is 115 cm³/mol. The summed E-state index contributed by atoms with van der Waals surface area (Å²) in [4.78, 5) is 6.21. The molecule has 0 atom stereocenters. The molecule has 0 aliphatic carbocycles. The summed E-state index contributed by atoms with van der Waals surface area (Å²) in [7, 11) is 0. The van der Waals surface area contributed by atoms with Crippen LogP contribution in [0.5, 0.6) is 0 Å². The third-order valence-electron chi connectivity index (χ3n) is 5.96. The van der Waals surface area contributed by atoms with Gasteiger partial charge in [-0.15, -0.1) is 0 Å². The quantitative estimate of drug-likeness (QED) is 0.369. The summed E-state index contributed by atoms with van der Waals surface area (Å²) in [6, 6.07) is 21.4. The number of oxazole rings is 1. The van der Waals surface area contributed by atoms with Gasteiger partial charge < -0.3 is 4.42 Å². The van der Waals surface area contributed by atoms with E-state index in [0.717, 1.165) is 21.9 Å². The van der Waals surface area contributed by atoms with Crippen LogP contribution in [-0.4, -0.2) is 20.8 Å². The van der Waals surface area contributed by atoms with Crippen LogP contribution in [0.1, 0.15) is 16.8 Å². The lowest BCUT2D eigenvalue weighted by molar-refractivity contribution is -0.0431. The number of hydrogen-bond acceptors (Lipinski definition) is 3. The molecule has 0 bridgehead atoms. The monoisotopic (exact) mass is 415 g/mol. The summed E-state index contributed by atoms with van der Waals surface area (Å²) in [5, 5.41) is 2.03. The molecule has 0 saturated carbocycles. The molecule has 0 amide bonds. The molecule has 0 N–H and O–H groups in total. The zero-order valence-electron chi connectivity index (χ0n) is 16.6. The molecular formula is C25H19F2N3O. The van der Waals surface area contributed by atoms with Crippen LogP contribution >= 0.6 is 0 Å². The second kappa shape index (κ2) is 6.75. The summed E-state index contributed by atoms with van der Waals surface area (Å²) in [5.74, 6) is -2.95. The molecule has 1 aliphatic heterocycles. The van der Waals surface area contributed by atoms with Gasteiger partial charge in [-0.2, -0.15) is 13.8 Å². The third-order valence-corrected chi connectivity index (χ3v) is 5.96. The zero-order chi connectivity index (χ0) is 21.0. The van der Waals surface area contributed by atoms with Crippen LogP contribution in [0.2, 0.25) is 0 Å². The first-order chi connectivity index (χ1) is 15.1. The largest absolute Gasteiger partial charge is 0.432 e. The maximum absolute atomic E-state index is 15.8. The first kappa shape index (κ1) is 18.3. The molecule has 6 heteroatoms. The van der Waals surface area contributed by atoms with Crippen LogP contribution in [0, 0.1) is 0 Å². The van der Waals surface area contributed by atoms with Gasteiger partial charge >= 0.3 is 11.8 Å². The highest BCUT2D eigenvalue weighted by Crippen LogP contribution is 2.39. The molecule has 31 heavy (non-hydrogen) atoms. The Balaban J connectivity index is 1.42. The summed E-state index contributed by atoms with van der Waals surface area (Å²) in [5.41, 5.74) is 2.98. The van der Waals surface area contributed by atoms with Crippen molar-refractivity contribution in [2.24, 2.45) is 0 Å². The maximum atomic E-state index is 15.8. The van der Waals surface area contributed by atoms with E-state index >= 15 is 8.78 Å². The zero-order valence-corrected chi connectivity index (χ0v) is 16.6. The number of imidazole rings is 1. The molecule has 5 aromatic rings. The number of halogens is 2. The van der Waals surface area contributed by atoms with Crippen molar-refractivity contribution in [2.75, 3.05) is 6.54 Å². The first-order valence-corrected chi connectivity index (χ1v) is 10.2. The molecule has 2 aromatic heterocycles. The molecule has 3 aromatic carbocycles. The smallest absolute Gasteiger partial charge is 0.306 e. The van der Waals surface area contributed by atoms with Crippen LogP contribution in [0.4, 0.5) is 8.78 Å². The summed E-state index contributed by atoms with van der Waals surface area (Å²) < 4.78 is 38.3. The third kappa shape index (κ3) is 3.02. The van der Waals surface area contributed by atoms with Crippen molar-refractivity contribution in [1.29, 1.82) is 0 Å². The van der Waals surface area contributed by atoms with Gasteiger partial charge in [-0.25, -0.2) is 0 Å². The van der Waals surface area contributed by atoms with Crippen molar-refractivity contribution >= 4 is 16.6 Å². The average Bonchev–Trinajstić information content (AvgIpc) is 3.46.